The molecule has 0 spiro atoms. The van der Waals surface area contributed by atoms with Gasteiger partial charge >= 0.3 is 0 Å². The van der Waals surface area contributed by atoms with Crippen molar-refractivity contribution in [1.82, 2.24) is 0 Å². The van der Waals surface area contributed by atoms with E-state index in [2.05, 4.69) is 79.7 Å². The van der Waals surface area contributed by atoms with E-state index in [-0.39, 0.29) is 8.41 Å². The summed E-state index contributed by atoms with van der Waals surface area (Å²) in [4.78, 5) is 0. The van der Waals surface area contributed by atoms with Crippen LogP contribution in [0.3, 0.4) is 0 Å². The zero-order chi connectivity index (χ0) is 23.9. The highest BCUT2D eigenvalue weighted by Gasteiger charge is 2.14. The smallest absolute Gasteiger partial charge is 0 e. The molecule has 0 aromatic heterocycles. The Kier molecular flexibility index (Phi) is 18.2. The summed E-state index contributed by atoms with van der Waals surface area (Å²) in [5, 5.41) is 0. The maximum atomic E-state index is 2.37. The number of hydrogen-bond donors (Lipinski definition) is 0. The van der Waals surface area contributed by atoms with E-state index < -0.39 is 0 Å². The second kappa shape index (κ2) is 18.6. The van der Waals surface area contributed by atoms with Crippen LogP contribution in [-0.4, -0.2) is 8.41 Å². The molecule has 1 aromatic rings. The molecule has 3 aliphatic rings. The van der Waals surface area contributed by atoms with E-state index in [1.165, 1.54) is 88.2 Å². The third kappa shape index (κ3) is 17.4. The second-order valence-corrected chi connectivity index (χ2v) is 12.2. The SMILES string of the molecule is CC1CCC(C)CC1.CC1CCC(C)CC1.CC1CCC(C)CC1.Cc1ccc(C)cc1.[B]. The van der Waals surface area contributed by atoms with Gasteiger partial charge in [0.2, 0.25) is 0 Å². The molecular formula is C32H58B. The molecule has 3 radical (unpaired) electrons. The van der Waals surface area contributed by atoms with Crippen LogP contribution in [0.2, 0.25) is 0 Å². The Morgan fingerprint density at radius 3 is 0.606 bits per heavy atom. The van der Waals surface area contributed by atoms with Crippen LogP contribution in [0.4, 0.5) is 0 Å². The number of benzene rings is 1. The van der Waals surface area contributed by atoms with Crippen LogP contribution in [-0.2, 0) is 0 Å². The fourth-order valence-electron chi connectivity index (χ4n) is 4.92. The Morgan fingerprint density at radius 2 is 0.485 bits per heavy atom. The summed E-state index contributed by atoms with van der Waals surface area (Å²) >= 11 is 0. The van der Waals surface area contributed by atoms with Crippen molar-refractivity contribution in [2.75, 3.05) is 0 Å². The number of aryl methyl sites for hydroxylation is 2. The predicted molar refractivity (Wildman–Crippen MR) is 152 cm³/mol. The van der Waals surface area contributed by atoms with Crippen LogP contribution in [0.1, 0.15) is 130 Å². The van der Waals surface area contributed by atoms with Crippen molar-refractivity contribution < 1.29 is 0 Å². The normalized spacial score (nSPS) is 31.2. The van der Waals surface area contributed by atoms with Gasteiger partial charge in [-0.15, -0.1) is 0 Å². The van der Waals surface area contributed by atoms with Crippen LogP contribution in [0, 0.1) is 49.4 Å². The van der Waals surface area contributed by atoms with Crippen molar-refractivity contribution >= 4 is 8.41 Å². The zero-order valence-electron chi connectivity index (χ0n) is 23.8. The van der Waals surface area contributed by atoms with E-state index in [0.717, 1.165) is 35.5 Å². The average Bonchev–Trinajstić information content (AvgIpc) is 2.78. The Bertz CT molecular complexity index is 440. The highest BCUT2D eigenvalue weighted by molar-refractivity contribution is 5.75. The van der Waals surface area contributed by atoms with E-state index in [0.29, 0.717) is 0 Å². The van der Waals surface area contributed by atoms with Gasteiger partial charge in [0.15, 0.2) is 0 Å². The first kappa shape index (κ1) is 32.3. The van der Waals surface area contributed by atoms with E-state index in [4.69, 9.17) is 0 Å². The first-order valence-corrected chi connectivity index (χ1v) is 14.2. The van der Waals surface area contributed by atoms with Crippen LogP contribution in [0.5, 0.6) is 0 Å². The lowest BCUT2D eigenvalue weighted by molar-refractivity contribution is 0.308. The monoisotopic (exact) mass is 453 g/mol. The van der Waals surface area contributed by atoms with E-state index >= 15 is 0 Å². The van der Waals surface area contributed by atoms with Crippen LogP contribution in [0.15, 0.2) is 24.3 Å². The maximum absolute atomic E-state index is 2.37. The third-order valence-corrected chi connectivity index (χ3v) is 8.13. The Labute approximate surface area is 211 Å². The molecule has 0 aliphatic heterocycles. The standard InChI is InChI=1S/3C8H16.C8H10.B/c4*1-7-3-5-8(2)6-4-7;/h3*7-8H,3-6H2,1-2H3;3-6H,1-2H3;. The minimum Gasteiger partial charge on any atom is -0.0625 e. The average molecular weight is 454 g/mol. The van der Waals surface area contributed by atoms with Crippen molar-refractivity contribution in [3.63, 3.8) is 0 Å². The summed E-state index contributed by atoms with van der Waals surface area (Å²) in [6.45, 7) is 18.4. The molecule has 0 atom stereocenters. The quantitative estimate of drug-likeness (QED) is 0.343. The van der Waals surface area contributed by atoms with Gasteiger partial charge in [-0.25, -0.2) is 0 Å². The third-order valence-electron chi connectivity index (χ3n) is 8.13. The van der Waals surface area contributed by atoms with Gasteiger partial charge in [0.1, 0.15) is 0 Å². The summed E-state index contributed by atoms with van der Waals surface area (Å²) < 4.78 is 0. The lowest BCUT2D eigenvalue weighted by Gasteiger charge is -2.22. The topological polar surface area (TPSA) is 0 Å². The molecular weight excluding hydrogens is 395 g/mol. The minimum atomic E-state index is 0. The summed E-state index contributed by atoms with van der Waals surface area (Å²) in [7, 11) is 0. The first-order chi connectivity index (χ1) is 15.2. The lowest BCUT2D eigenvalue weighted by Crippen LogP contribution is -2.08. The highest BCUT2D eigenvalue weighted by atomic mass is 14.2. The first-order valence-electron chi connectivity index (χ1n) is 14.2. The van der Waals surface area contributed by atoms with Crippen LogP contribution in [0.25, 0.3) is 0 Å². The van der Waals surface area contributed by atoms with Crippen molar-refractivity contribution in [1.29, 1.82) is 0 Å². The molecule has 0 N–H and O–H groups in total. The summed E-state index contributed by atoms with van der Waals surface area (Å²) in [6, 6.07) is 8.48. The Balaban J connectivity index is 0.000000410. The summed E-state index contributed by atoms with van der Waals surface area (Å²) in [6.07, 6.45) is 17.7. The van der Waals surface area contributed by atoms with E-state index in [1.54, 1.807) is 0 Å². The lowest BCUT2D eigenvalue weighted by atomic mass is 9.84. The van der Waals surface area contributed by atoms with Gasteiger partial charge in [-0.1, -0.05) is 154 Å². The largest absolute Gasteiger partial charge is 0.0625 e. The fraction of sp³-hybridized carbons (Fsp3) is 0.812. The molecule has 0 heterocycles. The van der Waals surface area contributed by atoms with Gasteiger partial charge in [-0.2, -0.15) is 0 Å². The summed E-state index contributed by atoms with van der Waals surface area (Å²) in [5.74, 6) is 6.12. The molecule has 1 heteroatoms. The molecule has 0 unspecified atom stereocenters. The molecule has 3 fully saturated rings. The molecule has 3 aliphatic carbocycles. The summed E-state index contributed by atoms with van der Waals surface area (Å²) in [5.41, 5.74) is 2.66. The minimum absolute atomic E-state index is 0. The van der Waals surface area contributed by atoms with E-state index in [9.17, 15) is 0 Å². The molecule has 0 nitrogen and oxygen atoms in total. The van der Waals surface area contributed by atoms with Gasteiger partial charge in [0, 0.05) is 8.41 Å². The van der Waals surface area contributed by atoms with Crippen molar-refractivity contribution in [2.45, 2.75) is 132 Å². The van der Waals surface area contributed by atoms with Gasteiger partial charge in [0.05, 0.1) is 0 Å². The molecule has 0 saturated heterocycles. The Hall–Kier alpha value is -0.715. The van der Waals surface area contributed by atoms with Gasteiger partial charge in [0.25, 0.3) is 0 Å². The van der Waals surface area contributed by atoms with Crippen molar-refractivity contribution in [2.24, 2.45) is 35.5 Å². The predicted octanol–water partition coefficient (Wildman–Crippen LogP) is 10.4. The van der Waals surface area contributed by atoms with Gasteiger partial charge < -0.3 is 0 Å². The Morgan fingerprint density at radius 1 is 0.364 bits per heavy atom. The van der Waals surface area contributed by atoms with Crippen LogP contribution >= 0.6 is 0 Å². The zero-order valence-corrected chi connectivity index (χ0v) is 23.8. The van der Waals surface area contributed by atoms with Crippen molar-refractivity contribution in [3.8, 4) is 0 Å². The highest BCUT2D eigenvalue weighted by Crippen LogP contribution is 2.28. The van der Waals surface area contributed by atoms with Gasteiger partial charge in [-0.3, -0.25) is 0 Å². The van der Waals surface area contributed by atoms with Crippen molar-refractivity contribution in [3.05, 3.63) is 35.4 Å². The van der Waals surface area contributed by atoms with E-state index in [1.807, 2.05) is 0 Å². The number of hydrogen-bond acceptors (Lipinski definition) is 0. The molecule has 3 saturated carbocycles. The fourth-order valence-corrected chi connectivity index (χ4v) is 4.92. The molecule has 0 bridgehead atoms. The van der Waals surface area contributed by atoms with Crippen LogP contribution < -0.4 is 0 Å². The second-order valence-electron chi connectivity index (χ2n) is 12.2. The molecule has 1 aromatic carbocycles. The maximum Gasteiger partial charge on any atom is 0 e. The number of rotatable bonds is 0. The van der Waals surface area contributed by atoms with Gasteiger partial charge in [-0.05, 0) is 49.4 Å². The molecule has 0 amide bonds. The molecule has 33 heavy (non-hydrogen) atoms. The molecule has 189 valence electrons. The molecule has 4 rings (SSSR count).